The fourth-order valence-corrected chi connectivity index (χ4v) is 6.63. The average Bonchev–Trinajstić information content (AvgIpc) is 3.98. The lowest BCUT2D eigenvalue weighted by molar-refractivity contribution is -0.117. The highest BCUT2D eigenvalue weighted by Gasteiger charge is 2.38. The van der Waals surface area contributed by atoms with Gasteiger partial charge in [-0.1, -0.05) is 19.1 Å². The van der Waals surface area contributed by atoms with Crippen molar-refractivity contribution in [3.05, 3.63) is 66.1 Å². The predicted molar refractivity (Wildman–Crippen MR) is 173 cm³/mol. The van der Waals surface area contributed by atoms with E-state index in [1.54, 1.807) is 18.5 Å². The van der Waals surface area contributed by atoms with Gasteiger partial charge >= 0.3 is 0 Å². The molecule has 1 unspecified atom stereocenters. The molecule has 1 atom stereocenters. The molecule has 2 aliphatic heterocycles. The van der Waals surface area contributed by atoms with E-state index in [0.717, 1.165) is 79.9 Å². The van der Waals surface area contributed by atoms with E-state index in [1.165, 1.54) is 5.69 Å². The number of carbonyl (C=O) groups is 2. The van der Waals surface area contributed by atoms with Gasteiger partial charge < -0.3 is 20.9 Å². The Morgan fingerprint density at radius 2 is 1.85 bits per heavy atom. The molecule has 0 radical (unpaired) electrons. The molecule has 13 heteroatoms. The van der Waals surface area contributed by atoms with Crippen LogP contribution in [0.4, 0.5) is 22.9 Å². The van der Waals surface area contributed by atoms with Gasteiger partial charge in [0.2, 0.25) is 5.91 Å². The Labute approximate surface area is 266 Å². The number of hydrogen-bond donors (Lipinski definition) is 3. The molecule has 8 rings (SSSR count). The van der Waals surface area contributed by atoms with E-state index in [9.17, 15) is 9.59 Å². The Bertz CT molecular complexity index is 1790. The fraction of sp³-hybridized carbons (Fsp3) is 0.424. The lowest BCUT2D eigenvalue weighted by Gasteiger charge is -2.43. The van der Waals surface area contributed by atoms with Crippen LogP contribution in [0.5, 0.6) is 0 Å². The maximum atomic E-state index is 13.2. The van der Waals surface area contributed by atoms with Crippen LogP contribution in [0.25, 0.3) is 11.1 Å². The molecule has 0 spiro atoms. The topological polar surface area (TPSA) is 146 Å². The SMILES string of the molecule is CCC1c2c(cnn2C2CN(Cc3cnccn3)C2)-c2cccc(Nc3cc(NC(=O)C4CC4)nnc3C(=O)NC3CC3)c2N1C. The number of likely N-dealkylation sites (tertiary alicyclic amines) is 1. The first-order chi connectivity index (χ1) is 22.5. The molecule has 3 N–H and O–H groups in total. The van der Waals surface area contributed by atoms with Gasteiger partial charge in [0.25, 0.3) is 5.91 Å². The summed E-state index contributed by atoms with van der Waals surface area (Å²) in [7, 11) is 2.12. The minimum atomic E-state index is -0.278. The highest BCUT2D eigenvalue weighted by Crippen LogP contribution is 2.50. The largest absolute Gasteiger partial charge is 0.364 e. The molecule has 236 valence electrons. The van der Waals surface area contributed by atoms with Gasteiger partial charge in [-0.15, -0.1) is 10.2 Å². The van der Waals surface area contributed by atoms with Crippen molar-refractivity contribution in [2.24, 2.45) is 5.92 Å². The van der Waals surface area contributed by atoms with Crippen molar-refractivity contribution in [1.82, 2.24) is 40.2 Å². The number of benzene rings is 1. The van der Waals surface area contributed by atoms with Gasteiger partial charge in [-0.25, -0.2) is 0 Å². The molecule has 2 aliphatic carbocycles. The zero-order chi connectivity index (χ0) is 31.4. The Hall–Kier alpha value is -4.91. The molecular formula is C33H37N11O2. The van der Waals surface area contributed by atoms with Gasteiger partial charge in [0.05, 0.1) is 46.7 Å². The number of hydrogen-bond acceptors (Lipinski definition) is 10. The number of carbonyl (C=O) groups excluding carboxylic acids is 2. The first-order valence-corrected chi connectivity index (χ1v) is 16.1. The Morgan fingerprint density at radius 3 is 2.59 bits per heavy atom. The third kappa shape index (κ3) is 5.34. The number of para-hydroxylation sites is 1. The molecule has 0 bridgehead atoms. The second kappa shape index (κ2) is 11.5. The van der Waals surface area contributed by atoms with Gasteiger partial charge in [-0.3, -0.25) is 29.1 Å². The summed E-state index contributed by atoms with van der Waals surface area (Å²) in [4.78, 5) is 39.0. The van der Waals surface area contributed by atoms with Crippen LogP contribution >= 0.6 is 0 Å². The zero-order valence-corrected chi connectivity index (χ0v) is 26.0. The summed E-state index contributed by atoms with van der Waals surface area (Å²) >= 11 is 0. The molecule has 13 nitrogen and oxygen atoms in total. The van der Waals surface area contributed by atoms with E-state index >= 15 is 0 Å². The van der Waals surface area contributed by atoms with Crippen LogP contribution < -0.4 is 20.9 Å². The monoisotopic (exact) mass is 619 g/mol. The minimum Gasteiger partial charge on any atom is -0.364 e. The molecule has 3 aromatic heterocycles. The van der Waals surface area contributed by atoms with Crippen molar-refractivity contribution < 1.29 is 9.59 Å². The third-order valence-electron chi connectivity index (χ3n) is 9.36. The molecule has 4 aromatic rings. The lowest BCUT2D eigenvalue weighted by atomic mass is 9.91. The third-order valence-corrected chi connectivity index (χ3v) is 9.36. The highest BCUT2D eigenvalue weighted by molar-refractivity contribution is 6.01. The maximum Gasteiger partial charge on any atom is 0.274 e. The van der Waals surface area contributed by atoms with Crippen LogP contribution in [0.15, 0.2) is 49.1 Å². The number of anilines is 4. The summed E-state index contributed by atoms with van der Waals surface area (Å²) < 4.78 is 2.22. The quantitative estimate of drug-likeness (QED) is 0.237. The second-order valence-electron chi connectivity index (χ2n) is 12.8. The standard InChI is InChI=1S/C33H37N11O2/c1-3-27-31-24(15-36-44(31)22-17-43(18-22)16-21-14-34-11-12-35-21)23-5-4-6-25(30(23)42(27)2)38-26-13-28(39-32(45)19-7-8-19)40-41-29(26)33(46)37-20-9-10-20/h4-6,11-15,19-20,22,27H,3,7-10,16-18H2,1-2H3,(H,37,46)(H2,38,39,40,45). The van der Waals surface area contributed by atoms with Gasteiger partial charge in [-0.2, -0.15) is 5.10 Å². The van der Waals surface area contributed by atoms with E-state index in [0.29, 0.717) is 11.5 Å². The van der Waals surface area contributed by atoms with Crippen molar-refractivity contribution in [3.63, 3.8) is 0 Å². The summed E-state index contributed by atoms with van der Waals surface area (Å²) in [5.74, 6) is 0.00275. The molecular weight excluding hydrogens is 582 g/mol. The van der Waals surface area contributed by atoms with Crippen molar-refractivity contribution in [2.45, 2.75) is 63.7 Å². The summed E-state index contributed by atoms with van der Waals surface area (Å²) in [5, 5.41) is 22.8. The molecule has 1 aromatic carbocycles. The van der Waals surface area contributed by atoms with Crippen LogP contribution in [-0.4, -0.2) is 72.8 Å². The second-order valence-corrected chi connectivity index (χ2v) is 12.8. The number of nitrogens with one attached hydrogen (secondary N) is 3. The van der Waals surface area contributed by atoms with Crippen molar-refractivity contribution in [1.29, 1.82) is 0 Å². The first-order valence-electron chi connectivity index (χ1n) is 16.1. The normalized spacial score (nSPS) is 19.2. The van der Waals surface area contributed by atoms with Crippen LogP contribution in [0.2, 0.25) is 0 Å². The van der Waals surface area contributed by atoms with Crippen molar-refractivity contribution in [2.75, 3.05) is 35.7 Å². The molecule has 1 saturated heterocycles. The summed E-state index contributed by atoms with van der Waals surface area (Å²) in [6.07, 6.45) is 11.8. The van der Waals surface area contributed by atoms with Crippen molar-refractivity contribution >= 4 is 34.7 Å². The molecule has 2 amide bonds. The predicted octanol–water partition coefficient (Wildman–Crippen LogP) is 4.07. The molecule has 46 heavy (non-hydrogen) atoms. The first kappa shape index (κ1) is 28.6. The average molecular weight is 620 g/mol. The van der Waals surface area contributed by atoms with Crippen LogP contribution in [-0.2, 0) is 11.3 Å². The van der Waals surface area contributed by atoms with E-state index in [1.807, 2.05) is 24.5 Å². The van der Waals surface area contributed by atoms with E-state index in [4.69, 9.17) is 5.10 Å². The van der Waals surface area contributed by atoms with E-state index < -0.39 is 0 Å². The zero-order valence-electron chi connectivity index (χ0n) is 26.0. The summed E-state index contributed by atoms with van der Waals surface area (Å²) in [6, 6.07) is 8.42. The van der Waals surface area contributed by atoms with Gasteiger partial charge in [-0.05, 0) is 38.2 Å². The molecule has 3 fully saturated rings. The highest BCUT2D eigenvalue weighted by atomic mass is 16.2. The Morgan fingerprint density at radius 1 is 1.00 bits per heavy atom. The molecule has 4 aliphatic rings. The number of fused-ring (bicyclic) bond motifs is 3. The number of aromatic nitrogens is 6. The van der Waals surface area contributed by atoms with Gasteiger partial charge in [0.1, 0.15) is 0 Å². The fourth-order valence-electron chi connectivity index (χ4n) is 6.63. The van der Waals surface area contributed by atoms with E-state index in [2.05, 4.69) is 70.6 Å². The Balaban J connectivity index is 1.10. The Kier molecular flexibility index (Phi) is 7.12. The van der Waals surface area contributed by atoms with Crippen LogP contribution in [0, 0.1) is 5.92 Å². The molecule has 2 saturated carbocycles. The smallest absolute Gasteiger partial charge is 0.274 e. The van der Waals surface area contributed by atoms with E-state index in [-0.39, 0.29) is 41.6 Å². The maximum absolute atomic E-state index is 13.2. The number of nitrogens with zero attached hydrogens (tertiary/aromatic N) is 8. The molecule has 5 heterocycles. The van der Waals surface area contributed by atoms with Crippen LogP contribution in [0.1, 0.15) is 73.0 Å². The minimum absolute atomic E-state index is 0.0214. The number of rotatable bonds is 10. The van der Waals surface area contributed by atoms with Gasteiger partial charge in [0, 0.05) is 74.4 Å². The number of amides is 2. The van der Waals surface area contributed by atoms with Crippen molar-refractivity contribution in [3.8, 4) is 11.1 Å². The van der Waals surface area contributed by atoms with Crippen LogP contribution in [0.3, 0.4) is 0 Å². The lowest BCUT2D eigenvalue weighted by Crippen LogP contribution is -2.48. The summed E-state index contributed by atoms with van der Waals surface area (Å²) in [5.41, 5.74) is 6.93. The van der Waals surface area contributed by atoms with Gasteiger partial charge in [0.15, 0.2) is 11.5 Å². The summed E-state index contributed by atoms with van der Waals surface area (Å²) in [6.45, 7) is 4.78.